The van der Waals surface area contributed by atoms with Gasteiger partial charge in [-0.05, 0) is 123 Å². The lowest BCUT2D eigenvalue weighted by Crippen LogP contribution is -2.08. The standard InChI is InChI=1S/C64H54N4O4/c1-3-69-57-36-26-52(27-37-57)61(48-16-8-4-9-17-48)65-44-70-58-38-28-53(29-39-58)62(49-18-10-5-11-19-49)66-45-71-59-40-30-54(31-41-59)63(50-20-12-6-13-21-50)67-46-72-60-42-32-55(33-43-60)64(51-22-14-7-15-23-51)68-56-34-24-47(2)25-35-56/h4-43H,3,44-46H2,1-2H3. The predicted molar refractivity (Wildman–Crippen MR) is 293 cm³/mol. The molecule has 0 aromatic heterocycles. The summed E-state index contributed by atoms with van der Waals surface area (Å²) in [6.07, 6.45) is 0. The number of hydrogen-bond acceptors (Lipinski definition) is 8. The Balaban J connectivity index is 0.859. The predicted octanol–water partition coefficient (Wildman–Crippen LogP) is 14.2. The number of rotatable bonds is 20. The van der Waals surface area contributed by atoms with Crippen LogP contribution in [0, 0.1) is 6.92 Å². The summed E-state index contributed by atoms with van der Waals surface area (Å²) in [5, 5.41) is 0. The van der Waals surface area contributed by atoms with Crippen molar-refractivity contribution in [1.29, 1.82) is 0 Å². The second kappa shape index (κ2) is 24.4. The summed E-state index contributed by atoms with van der Waals surface area (Å²) in [7, 11) is 0. The van der Waals surface area contributed by atoms with Crippen LogP contribution in [0.2, 0.25) is 0 Å². The largest absolute Gasteiger partial charge is 0.494 e. The van der Waals surface area contributed by atoms with E-state index in [-0.39, 0.29) is 20.2 Å². The normalized spacial score (nSPS) is 12.0. The van der Waals surface area contributed by atoms with Crippen LogP contribution in [-0.2, 0) is 0 Å². The molecule has 0 fully saturated rings. The fourth-order valence-corrected chi connectivity index (χ4v) is 7.99. The van der Waals surface area contributed by atoms with E-state index in [2.05, 4.69) is 55.5 Å². The Kier molecular flexibility index (Phi) is 16.2. The van der Waals surface area contributed by atoms with Gasteiger partial charge in [0.25, 0.3) is 0 Å². The van der Waals surface area contributed by atoms with Crippen LogP contribution in [0.5, 0.6) is 23.0 Å². The van der Waals surface area contributed by atoms with Gasteiger partial charge in [-0.3, -0.25) is 0 Å². The third-order valence-corrected chi connectivity index (χ3v) is 11.6. The molecule has 0 aliphatic heterocycles. The van der Waals surface area contributed by atoms with Gasteiger partial charge in [-0.1, -0.05) is 139 Å². The Hall–Kier alpha value is -9.14. The van der Waals surface area contributed by atoms with Gasteiger partial charge in [-0.2, -0.15) is 0 Å². The Morgan fingerprint density at radius 3 is 0.861 bits per heavy atom. The van der Waals surface area contributed by atoms with Gasteiger partial charge in [0.05, 0.1) is 35.1 Å². The molecule has 0 aliphatic rings. The number of aliphatic imine (C=N–C) groups is 4. The van der Waals surface area contributed by atoms with Crippen molar-refractivity contribution >= 4 is 28.5 Å². The molecule has 8 heteroatoms. The Bertz CT molecular complexity index is 3230. The number of nitrogens with zero attached hydrogens (tertiary/aromatic N) is 4. The molecule has 0 bridgehead atoms. The lowest BCUT2D eigenvalue weighted by molar-refractivity contribution is 0.331. The fourth-order valence-electron chi connectivity index (χ4n) is 7.99. The first-order chi connectivity index (χ1) is 35.6. The van der Waals surface area contributed by atoms with Crippen molar-refractivity contribution in [2.45, 2.75) is 13.8 Å². The first-order valence-electron chi connectivity index (χ1n) is 24.0. The quantitative estimate of drug-likeness (QED) is 0.0712. The van der Waals surface area contributed by atoms with Crippen molar-refractivity contribution < 1.29 is 18.9 Å². The van der Waals surface area contributed by atoms with Crippen LogP contribution in [0.15, 0.2) is 263 Å². The Morgan fingerprint density at radius 1 is 0.292 bits per heavy atom. The zero-order valence-electron chi connectivity index (χ0n) is 40.3. The molecule has 0 spiro atoms. The maximum atomic E-state index is 6.24. The summed E-state index contributed by atoms with van der Waals surface area (Å²) in [5.74, 6) is 2.91. The Labute approximate surface area is 422 Å². The molecule has 0 amide bonds. The molecule has 0 saturated carbocycles. The van der Waals surface area contributed by atoms with E-state index in [0.717, 1.165) is 78.8 Å². The highest BCUT2D eigenvalue weighted by Gasteiger charge is 2.13. The summed E-state index contributed by atoms with van der Waals surface area (Å²) in [6, 6.07) is 80.6. The number of benzene rings is 9. The second-order valence-electron chi connectivity index (χ2n) is 16.6. The van der Waals surface area contributed by atoms with Crippen molar-refractivity contribution in [3.05, 3.63) is 293 Å². The molecular weight excluding hydrogens is 889 g/mol. The summed E-state index contributed by atoms with van der Waals surface area (Å²) in [4.78, 5) is 19.8. The number of aryl methyl sites for hydroxylation is 1. The minimum absolute atomic E-state index is 0.112. The molecule has 9 aromatic rings. The van der Waals surface area contributed by atoms with Crippen molar-refractivity contribution in [3.63, 3.8) is 0 Å². The third kappa shape index (κ3) is 12.9. The first kappa shape index (κ1) is 47.9. The zero-order valence-corrected chi connectivity index (χ0v) is 40.3. The molecule has 0 aliphatic carbocycles. The van der Waals surface area contributed by atoms with Crippen LogP contribution in [0.3, 0.4) is 0 Å². The van der Waals surface area contributed by atoms with E-state index >= 15 is 0 Å². The van der Waals surface area contributed by atoms with Gasteiger partial charge in [0, 0.05) is 44.5 Å². The van der Waals surface area contributed by atoms with Crippen molar-refractivity contribution in [3.8, 4) is 23.0 Å². The molecule has 0 radical (unpaired) electrons. The molecule has 0 atom stereocenters. The van der Waals surface area contributed by atoms with Gasteiger partial charge in [-0.25, -0.2) is 20.0 Å². The summed E-state index contributed by atoms with van der Waals surface area (Å²) >= 11 is 0. The average molecular weight is 943 g/mol. The lowest BCUT2D eigenvalue weighted by Gasteiger charge is -2.12. The molecule has 354 valence electrons. The lowest BCUT2D eigenvalue weighted by atomic mass is 10.0. The van der Waals surface area contributed by atoms with E-state index in [1.54, 1.807) is 0 Å². The van der Waals surface area contributed by atoms with E-state index in [1.165, 1.54) is 5.56 Å². The molecule has 9 aromatic carbocycles. The highest BCUT2D eigenvalue weighted by Crippen LogP contribution is 2.24. The molecule has 0 saturated heterocycles. The van der Waals surface area contributed by atoms with Crippen molar-refractivity contribution in [1.82, 2.24) is 0 Å². The maximum absolute atomic E-state index is 6.24. The van der Waals surface area contributed by atoms with E-state index in [1.807, 2.05) is 201 Å². The molecule has 9 rings (SSSR count). The minimum Gasteiger partial charge on any atom is -0.494 e. The van der Waals surface area contributed by atoms with Gasteiger partial charge in [0.1, 0.15) is 23.0 Å². The zero-order chi connectivity index (χ0) is 49.2. The summed E-state index contributed by atoms with van der Waals surface area (Å²) in [6.45, 7) is 5.05. The smallest absolute Gasteiger partial charge is 0.179 e. The van der Waals surface area contributed by atoms with E-state index in [9.17, 15) is 0 Å². The minimum atomic E-state index is 0.112. The number of hydrogen-bond donors (Lipinski definition) is 0. The number of ether oxygens (including phenoxy) is 4. The van der Waals surface area contributed by atoms with Gasteiger partial charge in [0.2, 0.25) is 0 Å². The first-order valence-corrected chi connectivity index (χ1v) is 24.0. The van der Waals surface area contributed by atoms with E-state index in [0.29, 0.717) is 23.9 Å². The van der Waals surface area contributed by atoms with Gasteiger partial charge in [-0.15, -0.1) is 0 Å². The maximum Gasteiger partial charge on any atom is 0.179 e. The monoisotopic (exact) mass is 942 g/mol. The highest BCUT2D eigenvalue weighted by molar-refractivity contribution is 6.15. The third-order valence-electron chi connectivity index (χ3n) is 11.6. The summed E-state index contributed by atoms with van der Waals surface area (Å²) < 4.78 is 24.3. The van der Waals surface area contributed by atoms with E-state index < -0.39 is 0 Å². The van der Waals surface area contributed by atoms with Crippen LogP contribution >= 0.6 is 0 Å². The average Bonchev–Trinajstić information content (AvgIpc) is 3.44. The van der Waals surface area contributed by atoms with Gasteiger partial charge >= 0.3 is 0 Å². The van der Waals surface area contributed by atoms with Crippen LogP contribution < -0.4 is 18.9 Å². The topological polar surface area (TPSA) is 86.4 Å². The molecular formula is C64H54N4O4. The van der Waals surface area contributed by atoms with E-state index in [4.69, 9.17) is 38.9 Å². The summed E-state index contributed by atoms with van der Waals surface area (Å²) in [5.41, 5.74) is 13.3. The van der Waals surface area contributed by atoms with Crippen LogP contribution in [0.1, 0.15) is 57.0 Å². The molecule has 0 N–H and O–H groups in total. The fraction of sp³-hybridized carbons (Fsp3) is 0.0938. The highest BCUT2D eigenvalue weighted by atomic mass is 16.5. The molecule has 0 unspecified atom stereocenters. The molecule has 8 nitrogen and oxygen atoms in total. The van der Waals surface area contributed by atoms with Crippen LogP contribution in [0.4, 0.5) is 5.69 Å². The molecule has 72 heavy (non-hydrogen) atoms. The van der Waals surface area contributed by atoms with Gasteiger partial charge in [0.15, 0.2) is 20.2 Å². The molecule has 0 heterocycles. The van der Waals surface area contributed by atoms with Crippen LogP contribution in [-0.4, -0.2) is 49.6 Å². The SMILES string of the molecule is CCOc1ccc(C(=NCOc2ccc(C(=NCOc3ccc(C(=NCOc4ccc(C(=Nc5ccc(C)cc5)c5ccccc5)cc4)c4ccccc4)cc3)c3ccccc3)cc2)c2ccccc2)cc1. The van der Waals surface area contributed by atoms with Crippen molar-refractivity contribution in [2.75, 3.05) is 26.8 Å². The van der Waals surface area contributed by atoms with Crippen molar-refractivity contribution in [2.24, 2.45) is 20.0 Å². The van der Waals surface area contributed by atoms with Crippen LogP contribution in [0.25, 0.3) is 0 Å². The Morgan fingerprint density at radius 2 is 0.556 bits per heavy atom. The second-order valence-corrected chi connectivity index (χ2v) is 16.6. The van der Waals surface area contributed by atoms with Gasteiger partial charge < -0.3 is 18.9 Å².